The highest BCUT2D eigenvalue weighted by atomic mass is 16.2. The molecule has 0 radical (unpaired) electrons. The van der Waals surface area contributed by atoms with E-state index >= 15 is 0 Å². The van der Waals surface area contributed by atoms with Gasteiger partial charge in [-0.1, -0.05) is 0 Å². The Morgan fingerprint density at radius 2 is 1.94 bits per heavy atom. The Bertz CT molecular complexity index is 350. The average molecular weight is 233 g/mol. The molecular weight excluding hydrogens is 210 g/mol. The topological polar surface area (TPSA) is 20.3 Å². The summed E-state index contributed by atoms with van der Waals surface area (Å²) in [6.45, 7) is 4.14. The second kappa shape index (κ2) is 3.27. The number of likely N-dealkylation sites (tertiary alicyclic amines) is 1. The summed E-state index contributed by atoms with van der Waals surface area (Å²) in [4.78, 5) is 14.3. The van der Waals surface area contributed by atoms with E-state index in [-0.39, 0.29) is 0 Å². The summed E-state index contributed by atoms with van der Waals surface area (Å²) in [6, 6.07) is 0. The number of amides is 1. The summed E-state index contributed by atoms with van der Waals surface area (Å²) >= 11 is 0. The van der Waals surface area contributed by atoms with E-state index in [1.165, 1.54) is 32.1 Å². The van der Waals surface area contributed by atoms with Gasteiger partial charge in [0.15, 0.2) is 0 Å². The van der Waals surface area contributed by atoms with Crippen LogP contribution in [-0.4, -0.2) is 23.9 Å². The molecule has 5 rings (SSSR count). The number of nitrogens with zero attached hydrogens (tertiary/aromatic N) is 1. The normalized spacial score (nSPS) is 51.8. The van der Waals surface area contributed by atoms with Gasteiger partial charge in [0.1, 0.15) is 0 Å². The van der Waals surface area contributed by atoms with Gasteiger partial charge in [0.25, 0.3) is 0 Å². The fourth-order valence-electron chi connectivity index (χ4n) is 5.99. The highest BCUT2D eigenvalue weighted by molar-refractivity contribution is 5.78. The Kier molecular flexibility index (Phi) is 2.00. The van der Waals surface area contributed by atoms with Crippen LogP contribution in [0.2, 0.25) is 0 Å². The minimum Gasteiger partial charge on any atom is -0.343 e. The van der Waals surface area contributed by atoms with Gasteiger partial charge in [-0.25, -0.2) is 0 Å². The molecular formula is C15H23NO. The van der Waals surface area contributed by atoms with Gasteiger partial charge in [-0.15, -0.1) is 0 Å². The van der Waals surface area contributed by atoms with Crippen LogP contribution in [0.1, 0.15) is 45.4 Å². The SMILES string of the molecule is CCN1CC2C3CC4CC(C3)CC2(CC1=O)C4. The maximum absolute atomic E-state index is 12.2. The molecule has 17 heavy (non-hydrogen) atoms. The lowest BCUT2D eigenvalue weighted by Crippen LogP contribution is -2.61. The van der Waals surface area contributed by atoms with Crippen LogP contribution in [-0.2, 0) is 4.79 Å². The second-order valence-electron chi connectivity index (χ2n) is 7.19. The predicted octanol–water partition coefficient (Wildman–Crippen LogP) is 2.68. The number of piperidine rings is 1. The van der Waals surface area contributed by atoms with Crippen LogP contribution in [0, 0.1) is 29.1 Å². The standard InChI is InChI=1S/C15H23NO/c1-2-16-9-13-12-4-10-3-11(5-12)7-15(13,6-10)8-14(16)17/h10-13H,2-9H2,1H3. The van der Waals surface area contributed by atoms with Gasteiger partial charge in [-0.3, -0.25) is 4.79 Å². The third-order valence-electron chi connectivity index (χ3n) is 6.34. The summed E-state index contributed by atoms with van der Waals surface area (Å²) in [5.74, 6) is 4.22. The molecule has 0 aromatic carbocycles. The van der Waals surface area contributed by atoms with Crippen molar-refractivity contribution in [3.05, 3.63) is 0 Å². The second-order valence-corrected chi connectivity index (χ2v) is 7.19. The van der Waals surface area contributed by atoms with Gasteiger partial charge in [-0.05, 0) is 68.1 Å². The summed E-state index contributed by atoms with van der Waals surface area (Å²) in [7, 11) is 0. The Labute approximate surface area is 104 Å². The van der Waals surface area contributed by atoms with Crippen LogP contribution in [0.4, 0.5) is 0 Å². The molecule has 1 heterocycles. The summed E-state index contributed by atoms with van der Waals surface area (Å²) in [5.41, 5.74) is 0.456. The molecule has 1 spiro atoms. The minimum absolute atomic E-state index is 0.450. The number of carbonyl (C=O) groups is 1. The number of carbonyl (C=O) groups excluding carboxylic acids is 1. The molecule has 1 amide bonds. The smallest absolute Gasteiger partial charge is 0.223 e. The van der Waals surface area contributed by atoms with Crippen LogP contribution in [0.3, 0.4) is 0 Å². The van der Waals surface area contributed by atoms with Crippen molar-refractivity contribution in [1.82, 2.24) is 4.90 Å². The quantitative estimate of drug-likeness (QED) is 0.682. The lowest BCUT2D eigenvalue weighted by molar-refractivity contribution is -0.169. The van der Waals surface area contributed by atoms with Crippen molar-refractivity contribution < 1.29 is 4.79 Å². The van der Waals surface area contributed by atoms with Crippen molar-refractivity contribution in [2.45, 2.75) is 45.4 Å². The van der Waals surface area contributed by atoms with Gasteiger partial charge < -0.3 is 4.90 Å². The highest BCUT2D eigenvalue weighted by Crippen LogP contribution is 2.65. The first-order chi connectivity index (χ1) is 8.20. The van der Waals surface area contributed by atoms with Gasteiger partial charge in [0.2, 0.25) is 5.91 Å². The molecule has 94 valence electrons. The van der Waals surface area contributed by atoms with E-state index in [1.807, 2.05) is 0 Å². The molecule has 1 saturated heterocycles. The Balaban J connectivity index is 1.69. The Morgan fingerprint density at radius 1 is 1.24 bits per heavy atom. The largest absolute Gasteiger partial charge is 0.343 e. The Morgan fingerprint density at radius 3 is 2.59 bits per heavy atom. The monoisotopic (exact) mass is 233 g/mol. The third-order valence-corrected chi connectivity index (χ3v) is 6.34. The first-order valence-electron chi connectivity index (χ1n) is 7.48. The Hall–Kier alpha value is -0.530. The zero-order valence-electron chi connectivity index (χ0n) is 10.8. The molecule has 2 nitrogen and oxygen atoms in total. The van der Waals surface area contributed by atoms with Crippen molar-refractivity contribution >= 4 is 5.91 Å². The molecule has 2 heteroatoms. The van der Waals surface area contributed by atoms with Crippen molar-refractivity contribution in [1.29, 1.82) is 0 Å². The molecule has 5 fully saturated rings. The first kappa shape index (κ1) is 10.4. The van der Waals surface area contributed by atoms with E-state index < -0.39 is 0 Å². The zero-order valence-corrected chi connectivity index (χ0v) is 10.8. The van der Waals surface area contributed by atoms with Crippen molar-refractivity contribution in [3.8, 4) is 0 Å². The van der Waals surface area contributed by atoms with Crippen LogP contribution in [0.5, 0.6) is 0 Å². The average Bonchev–Trinajstić information content (AvgIpc) is 2.26. The minimum atomic E-state index is 0.450. The van der Waals surface area contributed by atoms with Crippen molar-refractivity contribution in [3.63, 3.8) is 0 Å². The molecule has 4 saturated carbocycles. The molecule has 5 aliphatic rings. The number of hydrogen-bond donors (Lipinski definition) is 0. The van der Waals surface area contributed by atoms with Gasteiger partial charge in [0, 0.05) is 19.5 Å². The lowest BCUT2D eigenvalue weighted by atomic mass is 9.43. The van der Waals surface area contributed by atoms with Crippen LogP contribution < -0.4 is 0 Å². The summed E-state index contributed by atoms with van der Waals surface area (Å²) in [5, 5.41) is 0. The van der Waals surface area contributed by atoms with Crippen LogP contribution in [0.25, 0.3) is 0 Å². The molecule has 0 aromatic rings. The number of hydrogen-bond acceptors (Lipinski definition) is 1. The maximum Gasteiger partial charge on any atom is 0.223 e. The molecule has 1 aliphatic heterocycles. The third kappa shape index (κ3) is 1.30. The van der Waals surface area contributed by atoms with E-state index in [9.17, 15) is 4.79 Å². The molecule has 0 N–H and O–H groups in total. The maximum atomic E-state index is 12.2. The van der Waals surface area contributed by atoms with Gasteiger partial charge in [-0.2, -0.15) is 0 Å². The summed E-state index contributed by atoms with van der Waals surface area (Å²) in [6.07, 6.45) is 8.09. The van der Waals surface area contributed by atoms with E-state index in [2.05, 4.69) is 11.8 Å². The fraction of sp³-hybridized carbons (Fsp3) is 0.933. The van der Waals surface area contributed by atoms with Gasteiger partial charge in [0.05, 0.1) is 0 Å². The fourth-order valence-corrected chi connectivity index (χ4v) is 5.99. The lowest BCUT2D eigenvalue weighted by Gasteiger charge is -2.64. The van der Waals surface area contributed by atoms with E-state index in [0.717, 1.165) is 43.2 Å². The molecule has 0 aromatic heterocycles. The zero-order chi connectivity index (χ0) is 11.6. The molecule has 4 bridgehead atoms. The highest BCUT2D eigenvalue weighted by Gasteiger charge is 2.59. The number of rotatable bonds is 1. The first-order valence-corrected chi connectivity index (χ1v) is 7.48. The predicted molar refractivity (Wildman–Crippen MR) is 66.3 cm³/mol. The van der Waals surface area contributed by atoms with E-state index in [0.29, 0.717) is 11.3 Å². The molecule has 4 aliphatic carbocycles. The van der Waals surface area contributed by atoms with Crippen LogP contribution >= 0.6 is 0 Å². The summed E-state index contributed by atoms with van der Waals surface area (Å²) < 4.78 is 0. The van der Waals surface area contributed by atoms with Crippen LogP contribution in [0.15, 0.2) is 0 Å². The van der Waals surface area contributed by atoms with Crippen molar-refractivity contribution in [2.75, 3.05) is 13.1 Å². The van der Waals surface area contributed by atoms with E-state index in [4.69, 9.17) is 0 Å². The van der Waals surface area contributed by atoms with Crippen molar-refractivity contribution in [2.24, 2.45) is 29.1 Å². The van der Waals surface area contributed by atoms with E-state index in [1.54, 1.807) is 0 Å². The molecule has 3 atom stereocenters. The van der Waals surface area contributed by atoms with Gasteiger partial charge >= 0.3 is 0 Å². The molecule has 3 unspecified atom stereocenters.